The van der Waals surface area contributed by atoms with Crippen molar-refractivity contribution >= 4 is 29.0 Å². The third-order valence-corrected chi connectivity index (χ3v) is 4.51. The minimum atomic E-state index is -0.381. The van der Waals surface area contributed by atoms with Crippen LogP contribution in [0.15, 0.2) is 67.0 Å². The molecular formula is C22H26N6O2. The molecule has 0 saturated carbocycles. The number of carbonyl (C=O) groups is 2. The first kappa shape index (κ1) is 20.9. The normalized spacial score (nSPS) is 10.4. The van der Waals surface area contributed by atoms with Crippen LogP contribution in [0.5, 0.6) is 0 Å². The summed E-state index contributed by atoms with van der Waals surface area (Å²) >= 11 is 0. The van der Waals surface area contributed by atoms with Gasteiger partial charge in [0, 0.05) is 33.9 Å². The van der Waals surface area contributed by atoms with Crippen molar-refractivity contribution in [3.8, 4) is 0 Å². The summed E-state index contributed by atoms with van der Waals surface area (Å²) in [5.74, 6) is -0.0792. The Hall–Kier alpha value is -3.81. The lowest BCUT2D eigenvalue weighted by Gasteiger charge is -2.22. The summed E-state index contributed by atoms with van der Waals surface area (Å²) < 4.78 is 1.49. The number of hydrogen-bond acceptors (Lipinski definition) is 4. The van der Waals surface area contributed by atoms with Gasteiger partial charge in [-0.1, -0.05) is 42.5 Å². The molecule has 30 heavy (non-hydrogen) atoms. The number of hydrogen-bond donors (Lipinski definition) is 2. The second-order valence-electron chi connectivity index (χ2n) is 7.15. The fraction of sp³-hybridized carbons (Fsp3) is 0.227. The van der Waals surface area contributed by atoms with Crippen LogP contribution in [0.2, 0.25) is 0 Å². The lowest BCUT2D eigenvalue weighted by atomic mass is 10.2. The van der Waals surface area contributed by atoms with Gasteiger partial charge >= 0.3 is 6.03 Å². The molecule has 0 aliphatic heterocycles. The Balaban J connectivity index is 1.63. The Morgan fingerprint density at radius 3 is 2.40 bits per heavy atom. The van der Waals surface area contributed by atoms with Gasteiger partial charge in [0.15, 0.2) is 0 Å². The predicted octanol–water partition coefficient (Wildman–Crippen LogP) is 3.25. The van der Waals surface area contributed by atoms with Gasteiger partial charge in [0.1, 0.15) is 6.54 Å². The number of aromatic nitrogens is 2. The van der Waals surface area contributed by atoms with Gasteiger partial charge in [-0.25, -0.2) is 4.79 Å². The molecule has 0 aliphatic rings. The lowest BCUT2D eigenvalue weighted by molar-refractivity contribution is -0.129. The number of urea groups is 1. The van der Waals surface area contributed by atoms with Crippen molar-refractivity contribution < 1.29 is 9.59 Å². The molecule has 0 atom stereocenters. The van der Waals surface area contributed by atoms with Crippen molar-refractivity contribution in [2.75, 3.05) is 36.7 Å². The lowest BCUT2D eigenvalue weighted by Crippen LogP contribution is -2.26. The summed E-state index contributed by atoms with van der Waals surface area (Å²) in [6.07, 6.45) is 3.13. The largest absolute Gasteiger partial charge is 0.369 e. The summed E-state index contributed by atoms with van der Waals surface area (Å²) in [5, 5.41) is 9.75. The van der Waals surface area contributed by atoms with Crippen molar-refractivity contribution in [3.63, 3.8) is 0 Å². The molecule has 8 heteroatoms. The maximum Gasteiger partial charge on any atom is 0.323 e. The van der Waals surface area contributed by atoms with Gasteiger partial charge in [0.2, 0.25) is 5.91 Å². The van der Waals surface area contributed by atoms with Crippen LogP contribution in [0.4, 0.5) is 21.9 Å². The molecule has 0 radical (unpaired) electrons. The second-order valence-corrected chi connectivity index (χ2v) is 7.15. The number of nitrogens with one attached hydrogen (secondary N) is 2. The quantitative estimate of drug-likeness (QED) is 0.631. The highest BCUT2D eigenvalue weighted by molar-refractivity contribution is 6.01. The molecule has 156 valence electrons. The van der Waals surface area contributed by atoms with Crippen LogP contribution in [0, 0.1) is 0 Å². The van der Waals surface area contributed by atoms with E-state index in [-0.39, 0.29) is 18.5 Å². The zero-order valence-electron chi connectivity index (χ0n) is 17.4. The van der Waals surface area contributed by atoms with E-state index in [4.69, 9.17) is 0 Å². The van der Waals surface area contributed by atoms with Crippen molar-refractivity contribution in [1.29, 1.82) is 0 Å². The number of likely N-dealkylation sites (N-methyl/N-ethyl adjacent to an activating group) is 1. The first-order valence-corrected chi connectivity index (χ1v) is 9.57. The van der Waals surface area contributed by atoms with Crippen LogP contribution >= 0.6 is 0 Å². The summed E-state index contributed by atoms with van der Waals surface area (Å²) in [6, 6.07) is 17.4. The standard InChI is InChI=1S/C22H26N6O2/c1-26(2)21(29)16-28-15-18(13-23-28)24-22(30)25-19-11-7-8-12-20(19)27(3)14-17-9-5-4-6-10-17/h4-13,15H,14,16H2,1-3H3,(H2,24,25,30). The van der Waals surface area contributed by atoms with Crippen LogP contribution in [0.3, 0.4) is 0 Å². The molecule has 0 unspecified atom stereocenters. The van der Waals surface area contributed by atoms with Crippen LogP contribution in [-0.4, -0.2) is 47.8 Å². The van der Waals surface area contributed by atoms with E-state index >= 15 is 0 Å². The third kappa shape index (κ3) is 5.60. The average Bonchev–Trinajstić information content (AvgIpc) is 3.15. The number of nitrogens with zero attached hydrogens (tertiary/aromatic N) is 4. The van der Waals surface area contributed by atoms with Crippen molar-refractivity contribution in [2.24, 2.45) is 0 Å². The van der Waals surface area contributed by atoms with Crippen LogP contribution in [0.1, 0.15) is 5.56 Å². The highest BCUT2D eigenvalue weighted by Crippen LogP contribution is 2.26. The molecule has 3 aromatic rings. The van der Waals surface area contributed by atoms with Crippen LogP contribution in [0.25, 0.3) is 0 Å². The van der Waals surface area contributed by atoms with E-state index < -0.39 is 0 Å². The summed E-state index contributed by atoms with van der Waals surface area (Å²) in [5.41, 5.74) is 3.29. The molecule has 8 nitrogen and oxygen atoms in total. The molecule has 2 N–H and O–H groups in total. The topological polar surface area (TPSA) is 82.5 Å². The number of benzene rings is 2. The van der Waals surface area contributed by atoms with Gasteiger partial charge in [0.05, 0.1) is 23.3 Å². The number of carbonyl (C=O) groups excluding carboxylic acids is 2. The maximum atomic E-state index is 12.5. The first-order chi connectivity index (χ1) is 14.4. The van der Waals surface area contributed by atoms with Crippen LogP contribution in [-0.2, 0) is 17.9 Å². The Morgan fingerprint density at radius 2 is 1.67 bits per heavy atom. The molecule has 0 bridgehead atoms. The van der Waals surface area contributed by atoms with E-state index in [1.54, 1.807) is 20.3 Å². The highest BCUT2D eigenvalue weighted by atomic mass is 16.2. The molecule has 1 aromatic heterocycles. The fourth-order valence-electron chi connectivity index (χ4n) is 2.93. The SMILES string of the molecule is CN(C)C(=O)Cn1cc(NC(=O)Nc2ccccc2N(C)Cc2ccccc2)cn1. The predicted molar refractivity (Wildman–Crippen MR) is 119 cm³/mol. The van der Waals surface area contributed by atoms with Gasteiger partial charge in [0.25, 0.3) is 0 Å². The van der Waals surface area contributed by atoms with Gasteiger partial charge in [-0.15, -0.1) is 0 Å². The van der Waals surface area contributed by atoms with Crippen molar-refractivity contribution in [2.45, 2.75) is 13.1 Å². The minimum absolute atomic E-state index is 0.0792. The summed E-state index contributed by atoms with van der Waals surface area (Å²) in [4.78, 5) is 27.8. The Kier molecular flexibility index (Phi) is 6.69. The molecular weight excluding hydrogens is 380 g/mol. The Morgan fingerprint density at radius 1 is 0.967 bits per heavy atom. The van der Waals surface area contributed by atoms with E-state index in [0.29, 0.717) is 17.9 Å². The Bertz CT molecular complexity index is 1000. The van der Waals surface area contributed by atoms with Crippen molar-refractivity contribution in [3.05, 3.63) is 72.6 Å². The number of amides is 3. The minimum Gasteiger partial charge on any atom is -0.369 e. The molecule has 3 amide bonds. The third-order valence-electron chi connectivity index (χ3n) is 4.51. The molecule has 3 rings (SSSR count). The molecule has 0 saturated heterocycles. The Labute approximate surface area is 176 Å². The molecule has 0 fully saturated rings. The number of rotatable bonds is 7. The van der Waals surface area contributed by atoms with Gasteiger partial charge in [-0.2, -0.15) is 5.10 Å². The smallest absolute Gasteiger partial charge is 0.323 e. The maximum absolute atomic E-state index is 12.5. The van der Waals surface area contributed by atoms with Crippen LogP contribution < -0.4 is 15.5 Å². The number of anilines is 3. The highest BCUT2D eigenvalue weighted by Gasteiger charge is 2.12. The fourth-order valence-corrected chi connectivity index (χ4v) is 2.93. The first-order valence-electron chi connectivity index (χ1n) is 9.57. The van der Waals surface area contributed by atoms with E-state index in [1.807, 2.05) is 49.5 Å². The van der Waals surface area contributed by atoms with Gasteiger partial charge in [-0.05, 0) is 17.7 Å². The van der Waals surface area contributed by atoms with E-state index in [2.05, 4.69) is 32.8 Å². The van der Waals surface area contributed by atoms with E-state index in [9.17, 15) is 9.59 Å². The monoisotopic (exact) mass is 406 g/mol. The van der Waals surface area contributed by atoms with E-state index in [1.165, 1.54) is 21.3 Å². The number of para-hydroxylation sites is 2. The summed E-state index contributed by atoms with van der Waals surface area (Å²) in [7, 11) is 5.35. The van der Waals surface area contributed by atoms with Crippen molar-refractivity contribution in [1.82, 2.24) is 14.7 Å². The molecule has 2 aromatic carbocycles. The summed E-state index contributed by atoms with van der Waals surface area (Å²) in [6.45, 7) is 0.831. The zero-order chi connectivity index (χ0) is 21.5. The average molecular weight is 406 g/mol. The molecule has 0 spiro atoms. The van der Waals surface area contributed by atoms with E-state index in [0.717, 1.165) is 5.69 Å². The van der Waals surface area contributed by atoms with Gasteiger partial charge < -0.3 is 20.4 Å². The van der Waals surface area contributed by atoms with Gasteiger partial charge in [-0.3, -0.25) is 9.48 Å². The second kappa shape index (κ2) is 9.60. The molecule has 0 aliphatic carbocycles. The molecule has 1 heterocycles. The zero-order valence-corrected chi connectivity index (χ0v) is 17.4.